The number of carbonyl (C=O) groups excluding carboxylic acids is 1. The van der Waals surface area contributed by atoms with Crippen LogP contribution in [0, 0.1) is 0 Å². The smallest absolute Gasteiger partial charge is 0.329 e. The molecule has 33 heavy (non-hydrogen) atoms. The highest BCUT2D eigenvalue weighted by Crippen LogP contribution is 2.45. The molecule has 1 aliphatic heterocycles. The number of rotatable bonds is 6. The second kappa shape index (κ2) is 10.1. The first kappa shape index (κ1) is 25.6. The maximum absolute atomic E-state index is 14.0. The molecular weight excluding hydrogens is 458 g/mol. The standard InChI is InChI=1S/C25H33NO5S2/c1-24(2,3)31-23(27)25(18-32)22(19-10-6-5-7-11-19)12-8-9-17-26(25)33(28,29)21-15-13-20(30-4)14-16-21/h5-7,10-11,13-16,22,32H,8-9,12,17-18H2,1-4H3. The Morgan fingerprint density at radius 1 is 1.09 bits per heavy atom. The van der Waals surface area contributed by atoms with Gasteiger partial charge in [-0.25, -0.2) is 13.2 Å². The fourth-order valence-corrected chi connectivity index (χ4v) is 6.83. The third kappa shape index (κ3) is 5.23. The minimum atomic E-state index is -4.04. The van der Waals surface area contributed by atoms with Gasteiger partial charge in [-0.05, 0) is 63.4 Å². The Balaban J connectivity index is 2.22. The molecule has 0 bridgehead atoms. The summed E-state index contributed by atoms with van der Waals surface area (Å²) in [5.41, 5.74) is -1.38. The second-order valence-electron chi connectivity index (χ2n) is 9.30. The topological polar surface area (TPSA) is 72.9 Å². The summed E-state index contributed by atoms with van der Waals surface area (Å²) in [4.78, 5) is 14.0. The predicted molar refractivity (Wildman–Crippen MR) is 132 cm³/mol. The molecule has 1 saturated heterocycles. The van der Waals surface area contributed by atoms with Gasteiger partial charge in [0.05, 0.1) is 12.0 Å². The number of benzene rings is 2. The maximum Gasteiger partial charge on any atom is 0.329 e. The van der Waals surface area contributed by atoms with Crippen LogP contribution in [0.3, 0.4) is 0 Å². The van der Waals surface area contributed by atoms with Gasteiger partial charge in [0.2, 0.25) is 10.0 Å². The molecule has 6 nitrogen and oxygen atoms in total. The van der Waals surface area contributed by atoms with E-state index < -0.39 is 33.1 Å². The van der Waals surface area contributed by atoms with E-state index in [0.717, 1.165) is 12.0 Å². The van der Waals surface area contributed by atoms with Crippen LogP contribution >= 0.6 is 12.6 Å². The summed E-state index contributed by atoms with van der Waals surface area (Å²) < 4.78 is 40.4. The zero-order valence-electron chi connectivity index (χ0n) is 19.7. The molecule has 0 radical (unpaired) electrons. The number of sulfonamides is 1. The highest BCUT2D eigenvalue weighted by molar-refractivity contribution is 7.89. The Morgan fingerprint density at radius 3 is 2.27 bits per heavy atom. The van der Waals surface area contributed by atoms with Gasteiger partial charge in [0.15, 0.2) is 0 Å². The molecule has 1 aliphatic rings. The van der Waals surface area contributed by atoms with Gasteiger partial charge in [-0.3, -0.25) is 0 Å². The number of methoxy groups -OCH3 is 1. The lowest BCUT2D eigenvalue weighted by Crippen LogP contribution is -2.62. The summed E-state index contributed by atoms with van der Waals surface area (Å²) in [5, 5.41) is 0. The van der Waals surface area contributed by atoms with Crippen molar-refractivity contribution in [2.75, 3.05) is 19.4 Å². The van der Waals surface area contributed by atoms with Crippen LogP contribution in [0.2, 0.25) is 0 Å². The van der Waals surface area contributed by atoms with E-state index in [1.165, 1.54) is 23.5 Å². The number of nitrogens with zero attached hydrogens (tertiary/aromatic N) is 1. The Kier molecular flexibility index (Phi) is 7.81. The first-order chi connectivity index (χ1) is 15.6. The SMILES string of the molecule is COc1ccc(S(=O)(=O)N2CCCCC(c3ccccc3)C2(CS)C(=O)OC(C)(C)C)cc1. The molecule has 180 valence electrons. The molecule has 0 amide bonds. The molecule has 0 saturated carbocycles. The zero-order chi connectivity index (χ0) is 24.3. The fraction of sp³-hybridized carbons (Fsp3) is 0.480. The molecule has 0 aliphatic carbocycles. The first-order valence-corrected chi connectivity index (χ1v) is 13.2. The van der Waals surface area contributed by atoms with E-state index in [4.69, 9.17) is 9.47 Å². The third-order valence-electron chi connectivity index (χ3n) is 5.97. The van der Waals surface area contributed by atoms with Crippen molar-refractivity contribution in [2.45, 2.75) is 62.0 Å². The first-order valence-electron chi connectivity index (χ1n) is 11.1. The quantitative estimate of drug-likeness (QED) is 0.470. The van der Waals surface area contributed by atoms with E-state index in [1.807, 2.05) is 30.3 Å². The zero-order valence-corrected chi connectivity index (χ0v) is 21.4. The summed E-state index contributed by atoms with van der Waals surface area (Å²) in [6.45, 7) is 5.56. The largest absolute Gasteiger partial charge is 0.497 e. The van der Waals surface area contributed by atoms with Crippen molar-refractivity contribution in [2.24, 2.45) is 0 Å². The third-order valence-corrected chi connectivity index (χ3v) is 8.41. The van der Waals surface area contributed by atoms with Crippen LogP contribution in [0.5, 0.6) is 5.75 Å². The van der Waals surface area contributed by atoms with Crippen LogP contribution in [0.4, 0.5) is 0 Å². The Labute approximate surface area is 202 Å². The average Bonchev–Trinajstić information content (AvgIpc) is 2.99. The van der Waals surface area contributed by atoms with E-state index in [9.17, 15) is 13.2 Å². The van der Waals surface area contributed by atoms with Crippen LogP contribution in [0.25, 0.3) is 0 Å². The summed E-state index contributed by atoms with van der Waals surface area (Å²) >= 11 is 4.60. The van der Waals surface area contributed by atoms with Crippen molar-refractivity contribution in [1.29, 1.82) is 0 Å². The predicted octanol–water partition coefficient (Wildman–Crippen LogP) is 4.66. The lowest BCUT2D eigenvalue weighted by Gasteiger charge is -2.45. The molecule has 2 aromatic carbocycles. The van der Waals surface area contributed by atoms with Gasteiger partial charge in [0, 0.05) is 18.2 Å². The summed E-state index contributed by atoms with van der Waals surface area (Å²) in [7, 11) is -2.52. The van der Waals surface area contributed by atoms with Crippen molar-refractivity contribution in [3.63, 3.8) is 0 Å². The van der Waals surface area contributed by atoms with Crippen molar-refractivity contribution in [3.05, 3.63) is 60.2 Å². The van der Waals surface area contributed by atoms with E-state index in [0.29, 0.717) is 18.6 Å². The van der Waals surface area contributed by atoms with E-state index in [-0.39, 0.29) is 17.2 Å². The number of esters is 1. The molecule has 2 unspecified atom stereocenters. The van der Waals surface area contributed by atoms with Gasteiger partial charge in [0.25, 0.3) is 0 Å². The second-order valence-corrected chi connectivity index (χ2v) is 11.5. The van der Waals surface area contributed by atoms with Gasteiger partial charge < -0.3 is 9.47 Å². The molecule has 0 aromatic heterocycles. The molecule has 0 spiro atoms. The highest BCUT2D eigenvalue weighted by atomic mass is 32.2. The normalized spacial score (nSPS) is 22.4. The molecular formula is C25H33NO5S2. The van der Waals surface area contributed by atoms with Crippen molar-refractivity contribution in [3.8, 4) is 5.75 Å². The van der Waals surface area contributed by atoms with Crippen LogP contribution in [-0.2, 0) is 19.6 Å². The lowest BCUT2D eigenvalue weighted by atomic mass is 9.78. The van der Waals surface area contributed by atoms with Gasteiger partial charge in [-0.2, -0.15) is 16.9 Å². The molecule has 8 heteroatoms. The number of carbonyl (C=O) groups is 1. The monoisotopic (exact) mass is 491 g/mol. The van der Waals surface area contributed by atoms with E-state index in [2.05, 4.69) is 12.6 Å². The van der Waals surface area contributed by atoms with E-state index in [1.54, 1.807) is 32.9 Å². The minimum absolute atomic E-state index is 0.00312. The van der Waals surface area contributed by atoms with Crippen LogP contribution in [0.1, 0.15) is 51.5 Å². The van der Waals surface area contributed by atoms with Crippen molar-refractivity contribution >= 4 is 28.6 Å². The van der Waals surface area contributed by atoms with Crippen LogP contribution < -0.4 is 4.74 Å². The molecule has 3 rings (SSSR count). The van der Waals surface area contributed by atoms with Gasteiger partial charge in [-0.15, -0.1) is 0 Å². The molecule has 0 N–H and O–H groups in total. The van der Waals surface area contributed by atoms with Crippen molar-refractivity contribution < 1.29 is 22.7 Å². The number of thiol groups is 1. The van der Waals surface area contributed by atoms with Crippen LogP contribution in [-0.4, -0.2) is 49.2 Å². The Hall–Kier alpha value is -2.03. The molecule has 1 heterocycles. The van der Waals surface area contributed by atoms with Crippen molar-refractivity contribution in [1.82, 2.24) is 4.31 Å². The van der Waals surface area contributed by atoms with Crippen LogP contribution in [0.15, 0.2) is 59.5 Å². The average molecular weight is 492 g/mol. The number of hydrogen-bond donors (Lipinski definition) is 1. The molecule has 2 atom stereocenters. The minimum Gasteiger partial charge on any atom is -0.497 e. The lowest BCUT2D eigenvalue weighted by molar-refractivity contribution is -0.167. The Bertz CT molecular complexity index is 1050. The maximum atomic E-state index is 14.0. The summed E-state index contributed by atoms with van der Waals surface area (Å²) in [6.07, 6.45) is 2.07. The Morgan fingerprint density at radius 2 is 1.73 bits per heavy atom. The van der Waals surface area contributed by atoms with Gasteiger partial charge in [0.1, 0.15) is 16.9 Å². The summed E-state index contributed by atoms with van der Waals surface area (Å²) in [5.74, 6) is -0.421. The molecule has 2 aromatic rings. The number of hydrogen-bond acceptors (Lipinski definition) is 6. The highest BCUT2D eigenvalue weighted by Gasteiger charge is 2.57. The van der Waals surface area contributed by atoms with Gasteiger partial charge >= 0.3 is 5.97 Å². The summed E-state index contributed by atoms with van der Waals surface area (Å²) in [6, 6.07) is 15.8. The van der Waals surface area contributed by atoms with E-state index >= 15 is 0 Å². The molecule has 1 fully saturated rings. The van der Waals surface area contributed by atoms with Gasteiger partial charge in [-0.1, -0.05) is 36.8 Å². The number of ether oxygens (including phenoxy) is 2. The fourth-order valence-electron chi connectivity index (χ4n) is 4.42.